The van der Waals surface area contributed by atoms with Gasteiger partial charge in [-0.3, -0.25) is 9.78 Å². The molecule has 0 aliphatic carbocycles. The van der Waals surface area contributed by atoms with E-state index in [0.29, 0.717) is 17.9 Å². The van der Waals surface area contributed by atoms with Crippen LogP contribution in [0.1, 0.15) is 15.9 Å². The van der Waals surface area contributed by atoms with Crippen molar-refractivity contribution in [1.82, 2.24) is 10.3 Å². The lowest BCUT2D eigenvalue weighted by Crippen LogP contribution is -2.23. The molecule has 144 valence electrons. The first kappa shape index (κ1) is 18.6. The van der Waals surface area contributed by atoms with Gasteiger partial charge in [0, 0.05) is 24.3 Å². The van der Waals surface area contributed by atoms with E-state index in [1.807, 2.05) is 30.3 Å². The number of carbonyl (C=O) groups is 1. The van der Waals surface area contributed by atoms with Crippen LogP contribution in [-0.4, -0.2) is 18.0 Å². The molecule has 0 aliphatic heterocycles. The predicted molar refractivity (Wildman–Crippen MR) is 111 cm³/mol. The van der Waals surface area contributed by atoms with E-state index in [1.165, 1.54) is 19.2 Å². The smallest absolute Gasteiger partial charge is 0.255 e. The third-order valence-electron chi connectivity index (χ3n) is 4.83. The summed E-state index contributed by atoms with van der Waals surface area (Å²) in [6.45, 7) is 0.336. The zero-order chi connectivity index (χ0) is 20.2. The van der Waals surface area contributed by atoms with Gasteiger partial charge in [-0.25, -0.2) is 4.39 Å². The lowest BCUT2D eigenvalue weighted by molar-refractivity contribution is 0.0948. The van der Waals surface area contributed by atoms with Gasteiger partial charge in [-0.1, -0.05) is 36.4 Å². The summed E-state index contributed by atoms with van der Waals surface area (Å²) < 4.78 is 19.0. The molecule has 0 bridgehead atoms. The maximum atomic E-state index is 13.7. The van der Waals surface area contributed by atoms with Gasteiger partial charge in [-0.05, 0) is 52.4 Å². The van der Waals surface area contributed by atoms with Crippen LogP contribution in [0.5, 0.6) is 5.75 Å². The van der Waals surface area contributed by atoms with E-state index in [-0.39, 0.29) is 11.7 Å². The Morgan fingerprint density at radius 1 is 1.03 bits per heavy atom. The van der Waals surface area contributed by atoms with Crippen molar-refractivity contribution >= 4 is 16.7 Å². The molecule has 0 aliphatic rings. The van der Waals surface area contributed by atoms with Crippen molar-refractivity contribution in [2.75, 3.05) is 7.11 Å². The second kappa shape index (κ2) is 8.10. The number of hydrogen-bond donors (Lipinski definition) is 1. The highest BCUT2D eigenvalue weighted by Gasteiger charge is 2.13. The average Bonchev–Trinajstić information content (AvgIpc) is 2.77. The molecule has 0 saturated carbocycles. The quantitative estimate of drug-likeness (QED) is 0.526. The molecule has 1 amide bonds. The maximum absolute atomic E-state index is 13.7. The fourth-order valence-electron chi connectivity index (χ4n) is 3.41. The summed E-state index contributed by atoms with van der Waals surface area (Å²) in [5.74, 6) is 0.0320. The molecular weight excluding hydrogens is 367 g/mol. The number of ether oxygens (including phenoxy) is 1. The van der Waals surface area contributed by atoms with Crippen molar-refractivity contribution in [2.24, 2.45) is 0 Å². The molecule has 3 aromatic carbocycles. The Balaban J connectivity index is 1.65. The summed E-state index contributed by atoms with van der Waals surface area (Å²) in [5.41, 5.74) is 3.12. The van der Waals surface area contributed by atoms with Crippen molar-refractivity contribution in [2.45, 2.75) is 6.54 Å². The SMILES string of the molecule is COc1ccccc1C(=O)NCc1ccc(-c2cccc(F)c2)c2ccncc12. The minimum atomic E-state index is -0.280. The van der Waals surface area contributed by atoms with Crippen molar-refractivity contribution in [3.8, 4) is 16.9 Å². The average molecular weight is 386 g/mol. The van der Waals surface area contributed by atoms with Gasteiger partial charge in [0.1, 0.15) is 11.6 Å². The number of halogens is 1. The van der Waals surface area contributed by atoms with E-state index in [0.717, 1.165) is 27.5 Å². The second-order valence-electron chi connectivity index (χ2n) is 6.59. The summed E-state index contributed by atoms with van der Waals surface area (Å²) in [4.78, 5) is 16.8. The minimum Gasteiger partial charge on any atom is -0.496 e. The molecule has 5 heteroatoms. The van der Waals surface area contributed by atoms with Crippen LogP contribution in [0.25, 0.3) is 21.9 Å². The van der Waals surface area contributed by atoms with E-state index in [2.05, 4.69) is 10.3 Å². The molecule has 4 aromatic rings. The molecule has 1 N–H and O–H groups in total. The second-order valence-corrected chi connectivity index (χ2v) is 6.59. The number of methoxy groups -OCH3 is 1. The molecular formula is C24H19FN2O2. The zero-order valence-corrected chi connectivity index (χ0v) is 15.9. The van der Waals surface area contributed by atoms with Crippen LogP contribution >= 0.6 is 0 Å². The van der Waals surface area contributed by atoms with E-state index >= 15 is 0 Å². The first-order chi connectivity index (χ1) is 14.2. The van der Waals surface area contributed by atoms with Gasteiger partial charge in [0.05, 0.1) is 12.7 Å². The number of amides is 1. The Labute approximate surface area is 168 Å². The number of para-hydroxylation sites is 1. The number of nitrogens with one attached hydrogen (secondary N) is 1. The van der Waals surface area contributed by atoms with Gasteiger partial charge in [-0.15, -0.1) is 0 Å². The predicted octanol–water partition coefficient (Wildman–Crippen LogP) is 4.98. The van der Waals surface area contributed by atoms with Crippen LogP contribution in [0, 0.1) is 5.82 Å². The summed E-state index contributed by atoms with van der Waals surface area (Å²) in [5, 5.41) is 4.81. The number of fused-ring (bicyclic) bond motifs is 1. The van der Waals surface area contributed by atoms with Crippen LogP contribution in [0.3, 0.4) is 0 Å². The first-order valence-corrected chi connectivity index (χ1v) is 9.20. The largest absolute Gasteiger partial charge is 0.496 e. The van der Waals surface area contributed by atoms with Gasteiger partial charge in [-0.2, -0.15) is 0 Å². The molecule has 0 atom stereocenters. The molecule has 1 heterocycles. The van der Waals surface area contributed by atoms with E-state index in [4.69, 9.17) is 4.74 Å². The lowest BCUT2D eigenvalue weighted by Gasteiger charge is -2.13. The number of pyridine rings is 1. The molecule has 4 nitrogen and oxygen atoms in total. The maximum Gasteiger partial charge on any atom is 0.255 e. The van der Waals surface area contributed by atoms with E-state index in [9.17, 15) is 9.18 Å². The lowest BCUT2D eigenvalue weighted by atomic mass is 9.96. The van der Waals surface area contributed by atoms with Gasteiger partial charge >= 0.3 is 0 Å². The number of benzene rings is 3. The normalized spacial score (nSPS) is 10.7. The van der Waals surface area contributed by atoms with Crippen LogP contribution < -0.4 is 10.1 Å². The first-order valence-electron chi connectivity index (χ1n) is 9.20. The molecule has 4 rings (SSSR count). The Bertz CT molecular complexity index is 1190. The Morgan fingerprint density at radius 3 is 2.72 bits per heavy atom. The number of rotatable bonds is 5. The fourth-order valence-corrected chi connectivity index (χ4v) is 3.41. The van der Waals surface area contributed by atoms with Crippen molar-refractivity contribution < 1.29 is 13.9 Å². The van der Waals surface area contributed by atoms with Crippen LogP contribution in [0.15, 0.2) is 79.1 Å². The van der Waals surface area contributed by atoms with E-state index in [1.54, 1.807) is 36.7 Å². The molecule has 0 unspecified atom stereocenters. The van der Waals surface area contributed by atoms with Crippen molar-refractivity contribution in [3.05, 3.63) is 96.1 Å². The Kier molecular flexibility index (Phi) is 5.20. The minimum absolute atomic E-state index is 0.214. The van der Waals surface area contributed by atoms with Crippen molar-refractivity contribution in [3.63, 3.8) is 0 Å². The van der Waals surface area contributed by atoms with Crippen LogP contribution in [0.4, 0.5) is 4.39 Å². The monoisotopic (exact) mass is 386 g/mol. The molecule has 0 fully saturated rings. The molecule has 0 spiro atoms. The number of carbonyl (C=O) groups excluding carboxylic acids is 1. The molecule has 29 heavy (non-hydrogen) atoms. The summed E-state index contributed by atoms with van der Waals surface area (Å²) in [6.07, 6.45) is 3.48. The van der Waals surface area contributed by atoms with Gasteiger partial charge in [0.25, 0.3) is 5.91 Å². The van der Waals surface area contributed by atoms with Gasteiger partial charge < -0.3 is 10.1 Å². The molecule has 1 aromatic heterocycles. The third kappa shape index (κ3) is 3.80. The highest BCUT2D eigenvalue weighted by Crippen LogP contribution is 2.31. The third-order valence-corrected chi connectivity index (χ3v) is 4.83. The van der Waals surface area contributed by atoms with Crippen LogP contribution in [0.2, 0.25) is 0 Å². The summed E-state index contributed by atoms with van der Waals surface area (Å²) in [7, 11) is 1.54. The fraction of sp³-hybridized carbons (Fsp3) is 0.0833. The Morgan fingerprint density at radius 2 is 1.90 bits per heavy atom. The number of aromatic nitrogens is 1. The molecule has 0 saturated heterocycles. The van der Waals surface area contributed by atoms with Crippen molar-refractivity contribution in [1.29, 1.82) is 0 Å². The van der Waals surface area contributed by atoms with Gasteiger partial charge in [0.15, 0.2) is 0 Å². The number of nitrogens with zero attached hydrogens (tertiary/aromatic N) is 1. The highest BCUT2D eigenvalue weighted by molar-refractivity contribution is 5.99. The zero-order valence-electron chi connectivity index (χ0n) is 15.9. The van der Waals surface area contributed by atoms with E-state index < -0.39 is 0 Å². The Hall–Kier alpha value is -3.73. The standard InChI is InChI=1S/C24H19FN2O2/c1-29-23-8-3-2-7-21(23)24(28)27-14-17-9-10-19(16-5-4-6-18(25)13-16)20-11-12-26-15-22(17)20/h2-13,15H,14H2,1H3,(H,27,28). The topological polar surface area (TPSA) is 51.2 Å². The molecule has 0 radical (unpaired) electrons. The van der Waals surface area contributed by atoms with Gasteiger partial charge in [0.2, 0.25) is 0 Å². The summed E-state index contributed by atoms with van der Waals surface area (Å²) >= 11 is 0. The van der Waals surface area contributed by atoms with Crippen LogP contribution in [-0.2, 0) is 6.54 Å². The summed E-state index contributed by atoms with van der Waals surface area (Å²) in [6, 6.07) is 19.4. The number of hydrogen-bond acceptors (Lipinski definition) is 3. The highest BCUT2D eigenvalue weighted by atomic mass is 19.1.